The minimum Gasteiger partial charge on any atom is -0.550 e. The molecule has 32 heavy (non-hydrogen) atoms. The van der Waals surface area contributed by atoms with Gasteiger partial charge in [-0.15, -0.1) is 0 Å². The Morgan fingerprint density at radius 1 is 0.469 bits per heavy atom. The zero-order chi connectivity index (χ0) is 24.4. The molecule has 0 heterocycles. The summed E-state index contributed by atoms with van der Waals surface area (Å²) >= 11 is 0. The first-order chi connectivity index (χ1) is 13.6. The van der Waals surface area contributed by atoms with E-state index in [9.17, 15) is 59.4 Å². The Balaban J connectivity index is -0.000000110. The Morgan fingerprint density at radius 3 is 0.719 bits per heavy atom. The van der Waals surface area contributed by atoms with Crippen molar-refractivity contribution in [2.75, 3.05) is 0 Å². The first-order valence-corrected chi connectivity index (χ1v) is 8.10. The molecule has 0 fully saturated rings. The minimum atomic E-state index is -1.44. The SMILES string of the molecule is NC(CCC(=O)[O-])C(=O)[O-].NC(CCC(=O)[O-])C(=O)[O-].NC(CCC(=O)[O-])C(=O)[O-].[Cr+3].[Cr+3]. The Hall–Kier alpha value is -2.24. The molecule has 3 atom stereocenters. The number of carboxylic acids is 6. The second kappa shape index (κ2) is 23.4. The first kappa shape index (κ1) is 40.2. The van der Waals surface area contributed by atoms with Gasteiger partial charge < -0.3 is 76.6 Å². The van der Waals surface area contributed by atoms with Gasteiger partial charge in [0, 0.05) is 36.0 Å². The maximum absolute atomic E-state index is 9.86. The monoisotopic (exact) mass is 539 g/mol. The zero-order valence-electron chi connectivity index (χ0n) is 16.4. The van der Waals surface area contributed by atoms with Gasteiger partial charge >= 0.3 is 34.7 Å². The van der Waals surface area contributed by atoms with Crippen molar-refractivity contribution >= 4 is 35.8 Å². The fourth-order valence-corrected chi connectivity index (χ4v) is 1.17. The third-order valence-electron chi connectivity index (χ3n) is 2.89. The van der Waals surface area contributed by atoms with Crippen molar-refractivity contribution < 1.29 is 94.1 Å². The molecule has 0 aromatic carbocycles. The summed E-state index contributed by atoms with van der Waals surface area (Å²) in [6.45, 7) is 0. The molecule has 0 aliphatic rings. The minimum absolute atomic E-state index is 0. The topological polar surface area (TPSA) is 319 Å². The van der Waals surface area contributed by atoms with Gasteiger partial charge in [0.1, 0.15) is 0 Å². The molecule has 3 unspecified atom stereocenters. The van der Waals surface area contributed by atoms with Crippen LogP contribution in [0.2, 0.25) is 0 Å². The van der Waals surface area contributed by atoms with Crippen LogP contribution in [0, 0.1) is 0 Å². The van der Waals surface area contributed by atoms with Crippen molar-refractivity contribution in [3.63, 3.8) is 0 Å². The normalized spacial score (nSPS) is 11.7. The summed E-state index contributed by atoms with van der Waals surface area (Å²) in [7, 11) is 0. The summed E-state index contributed by atoms with van der Waals surface area (Å²) in [5.74, 6) is -8.26. The summed E-state index contributed by atoms with van der Waals surface area (Å²) in [6, 6.07) is -3.63. The molecule has 0 aliphatic carbocycles. The molecular weight excluding hydrogens is 518 g/mol. The third-order valence-corrected chi connectivity index (χ3v) is 2.89. The summed E-state index contributed by atoms with van der Waals surface area (Å²) < 4.78 is 0. The van der Waals surface area contributed by atoms with E-state index < -0.39 is 53.9 Å². The molecule has 6 N–H and O–H groups in total. The number of nitrogens with two attached hydrogens (primary N) is 3. The number of hydrogen-bond acceptors (Lipinski definition) is 15. The number of hydrogen-bond donors (Lipinski definition) is 3. The van der Waals surface area contributed by atoms with Crippen LogP contribution < -0.4 is 47.8 Å². The molecule has 0 saturated heterocycles. The van der Waals surface area contributed by atoms with Gasteiger partial charge in [-0.1, -0.05) is 0 Å². The zero-order valence-corrected chi connectivity index (χ0v) is 19.0. The van der Waals surface area contributed by atoms with Crippen LogP contribution in [0.15, 0.2) is 0 Å². The van der Waals surface area contributed by atoms with E-state index in [1.54, 1.807) is 0 Å². The molecule has 0 amide bonds. The van der Waals surface area contributed by atoms with Crippen LogP contribution in [0.1, 0.15) is 38.5 Å². The molecule has 0 rings (SSSR count). The maximum atomic E-state index is 9.86. The smallest absolute Gasteiger partial charge is 0.550 e. The van der Waals surface area contributed by atoms with E-state index in [1.807, 2.05) is 0 Å². The summed E-state index contributed by atoms with van der Waals surface area (Å²) in [5.41, 5.74) is 14.7. The van der Waals surface area contributed by atoms with Gasteiger partial charge in [-0.3, -0.25) is 0 Å². The van der Waals surface area contributed by atoms with Gasteiger partial charge in [0.25, 0.3) is 0 Å². The Morgan fingerprint density at radius 2 is 0.625 bits per heavy atom. The molecule has 0 aromatic heterocycles. The average Bonchev–Trinajstić information content (AvgIpc) is 2.62. The van der Waals surface area contributed by atoms with Crippen LogP contribution in [0.25, 0.3) is 0 Å². The molecular formula is C15H21Cr2N3O12. The number of carbonyl (C=O) groups excluding carboxylic acids is 6. The average molecular weight is 539 g/mol. The first-order valence-electron chi connectivity index (χ1n) is 8.10. The van der Waals surface area contributed by atoms with E-state index in [2.05, 4.69) is 0 Å². The van der Waals surface area contributed by atoms with Crippen molar-refractivity contribution in [1.29, 1.82) is 0 Å². The second-order valence-electron chi connectivity index (χ2n) is 5.51. The standard InChI is InChI=1S/3C5H9NO4.2Cr/c3*6-3(5(9)10)1-2-4(7)8;;/h3*3H,1-2,6H2,(H,7,8)(H,9,10);;/q;;;2*+3/p-6. The fourth-order valence-electron chi connectivity index (χ4n) is 1.17. The number of carbonyl (C=O) groups is 6. The van der Waals surface area contributed by atoms with Crippen molar-refractivity contribution in [3.8, 4) is 0 Å². The largest absolute Gasteiger partial charge is 3.00 e. The van der Waals surface area contributed by atoms with Crippen LogP contribution in [-0.4, -0.2) is 53.9 Å². The van der Waals surface area contributed by atoms with Gasteiger partial charge in [0.15, 0.2) is 0 Å². The molecule has 180 valence electrons. The third kappa shape index (κ3) is 32.4. The maximum Gasteiger partial charge on any atom is 3.00 e. The summed E-state index contributed by atoms with van der Waals surface area (Å²) in [4.78, 5) is 58.8. The van der Waals surface area contributed by atoms with Gasteiger partial charge in [-0.05, 0) is 38.5 Å². The van der Waals surface area contributed by atoms with Crippen molar-refractivity contribution in [2.24, 2.45) is 17.2 Å². The van der Waals surface area contributed by atoms with Crippen LogP contribution in [0.4, 0.5) is 0 Å². The number of aliphatic carboxylic acids is 6. The summed E-state index contributed by atoms with van der Waals surface area (Å²) in [5, 5.41) is 58.8. The molecule has 0 saturated carbocycles. The van der Waals surface area contributed by atoms with Crippen LogP contribution >= 0.6 is 0 Å². The van der Waals surface area contributed by atoms with Crippen molar-refractivity contribution in [2.45, 2.75) is 56.7 Å². The predicted octanol–water partition coefficient (Wildman–Crippen LogP) is -10.2. The van der Waals surface area contributed by atoms with Gasteiger partial charge in [-0.25, -0.2) is 0 Å². The van der Waals surface area contributed by atoms with Crippen molar-refractivity contribution in [1.82, 2.24) is 0 Å². The Kier molecular flexibility index (Phi) is 29.4. The Labute approximate surface area is 203 Å². The molecule has 0 aromatic rings. The van der Waals surface area contributed by atoms with Gasteiger partial charge in [-0.2, -0.15) is 0 Å². The van der Waals surface area contributed by atoms with E-state index in [-0.39, 0.29) is 73.2 Å². The van der Waals surface area contributed by atoms with Gasteiger partial charge in [0.05, 0.1) is 17.9 Å². The van der Waals surface area contributed by atoms with E-state index >= 15 is 0 Å². The van der Waals surface area contributed by atoms with Crippen LogP contribution in [0.3, 0.4) is 0 Å². The van der Waals surface area contributed by atoms with Crippen LogP contribution in [0.5, 0.6) is 0 Å². The Bertz CT molecular complexity index is 525. The van der Waals surface area contributed by atoms with Crippen LogP contribution in [-0.2, 0) is 63.5 Å². The van der Waals surface area contributed by atoms with Crippen molar-refractivity contribution in [3.05, 3.63) is 0 Å². The predicted molar refractivity (Wildman–Crippen MR) is 81.7 cm³/mol. The molecule has 0 aliphatic heterocycles. The quantitative estimate of drug-likeness (QED) is 0.207. The molecule has 17 heteroatoms. The fraction of sp³-hybridized carbons (Fsp3) is 0.600. The summed E-state index contributed by atoms with van der Waals surface area (Å²) in [6.07, 6.45) is -1.50. The second-order valence-corrected chi connectivity index (χ2v) is 5.51. The van der Waals surface area contributed by atoms with Gasteiger partial charge in [0.2, 0.25) is 0 Å². The number of rotatable bonds is 12. The number of carboxylic acid groups (broad SMARTS) is 6. The molecule has 0 bridgehead atoms. The molecule has 0 spiro atoms. The van der Waals surface area contributed by atoms with E-state index in [4.69, 9.17) is 17.2 Å². The molecule has 15 nitrogen and oxygen atoms in total. The van der Waals surface area contributed by atoms with E-state index in [1.165, 1.54) is 0 Å². The van der Waals surface area contributed by atoms with E-state index in [0.29, 0.717) is 0 Å². The van der Waals surface area contributed by atoms with E-state index in [0.717, 1.165) is 0 Å². The molecule has 2 radical (unpaired) electrons.